The summed E-state index contributed by atoms with van der Waals surface area (Å²) in [5.41, 5.74) is 2.45. The number of aryl methyl sites for hydroxylation is 1. The monoisotopic (exact) mass is 391 g/mol. The first-order chi connectivity index (χ1) is 12.9. The van der Waals surface area contributed by atoms with Crippen molar-refractivity contribution in [3.63, 3.8) is 0 Å². The molecular weight excluding hydrogens is 370 g/mol. The van der Waals surface area contributed by atoms with Crippen molar-refractivity contribution in [2.24, 2.45) is 11.8 Å². The van der Waals surface area contributed by atoms with Crippen molar-refractivity contribution in [3.05, 3.63) is 34.3 Å². The Morgan fingerprint density at radius 2 is 1.74 bits per heavy atom. The van der Waals surface area contributed by atoms with E-state index in [1.807, 2.05) is 12.1 Å². The van der Waals surface area contributed by atoms with E-state index in [1.165, 1.54) is 11.1 Å². The zero-order chi connectivity index (χ0) is 19.1. The highest BCUT2D eigenvalue weighted by molar-refractivity contribution is 6.30. The number of amides is 3. The topological polar surface area (TPSA) is 70.2 Å². The van der Waals surface area contributed by atoms with Crippen LogP contribution < -0.4 is 0 Å². The number of carbonyl (C=O) groups excluding carboxylic acids is 3. The molecule has 0 bridgehead atoms. The van der Waals surface area contributed by atoms with Gasteiger partial charge < -0.3 is 9.74 Å². The van der Waals surface area contributed by atoms with Crippen LogP contribution >= 0.6 is 11.6 Å². The van der Waals surface area contributed by atoms with E-state index in [0.717, 1.165) is 24.7 Å². The second kappa shape index (κ2) is 7.13. The molecule has 144 valence electrons. The van der Waals surface area contributed by atoms with Crippen LogP contribution in [0.3, 0.4) is 0 Å². The lowest BCUT2D eigenvalue weighted by Gasteiger charge is -2.23. The highest BCUT2D eigenvalue weighted by Crippen LogP contribution is 2.33. The highest BCUT2D eigenvalue weighted by atomic mass is 35.5. The van der Waals surface area contributed by atoms with E-state index in [0.29, 0.717) is 30.0 Å². The first-order valence-corrected chi connectivity index (χ1v) is 9.58. The molecule has 0 radical (unpaired) electrons. The number of imide groups is 1. The largest absolute Gasteiger partial charge is 0.434 e. The van der Waals surface area contributed by atoms with Gasteiger partial charge in [-0.3, -0.25) is 14.5 Å². The number of fused-ring (bicyclic) bond motifs is 1. The molecule has 2 unspecified atom stereocenters. The predicted molar refractivity (Wildman–Crippen MR) is 97.6 cm³/mol. The molecule has 2 atom stereocenters. The first kappa shape index (κ1) is 18.3. The molecule has 3 fully saturated rings. The molecule has 0 aromatic heterocycles. The average Bonchev–Trinajstić information content (AvgIpc) is 3.26. The number of hydrogen-bond acceptors (Lipinski definition) is 5. The molecule has 0 spiro atoms. The van der Waals surface area contributed by atoms with Crippen molar-refractivity contribution in [3.8, 4) is 0 Å². The van der Waals surface area contributed by atoms with Gasteiger partial charge in [0, 0.05) is 50.6 Å². The lowest BCUT2D eigenvalue weighted by Crippen LogP contribution is -2.40. The molecule has 27 heavy (non-hydrogen) atoms. The third-order valence-electron chi connectivity index (χ3n) is 5.69. The molecule has 3 aliphatic rings. The maximum atomic E-state index is 12.3. The highest BCUT2D eigenvalue weighted by Gasteiger charge is 2.43. The molecule has 0 aliphatic carbocycles. The van der Waals surface area contributed by atoms with E-state index in [-0.39, 0.29) is 12.8 Å². The predicted octanol–water partition coefficient (Wildman–Crippen LogP) is 2.21. The van der Waals surface area contributed by atoms with E-state index in [9.17, 15) is 14.4 Å². The summed E-state index contributed by atoms with van der Waals surface area (Å²) in [6, 6.07) is 5.96. The third-order valence-corrected chi connectivity index (χ3v) is 5.93. The zero-order valence-electron chi connectivity index (χ0n) is 15.2. The van der Waals surface area contributed by atoms with Crippen molar-refractivity contribution < 1.29 is 19.2 Å². The smallest absolute Gasteiger partial charge is 0.311 e. The number of benzene rings is 1. The molecule has 3 aliphatic heterocycles. The van der Waals surface area contributed by atoms with Crippen LogP contribution in [0.2, 0.25) is 5.02 Å². The van der Waals surface area contributed by atoms with Crippen LogP contribution in [-0.2, 0) is 21.0 Å². The average molecular weight is 392 g/mol. The standard InChI is InChI=1S/C19H22ClN3O4/c1-12-6-16(20)3-2-13(12)7-21-8-14-10-22(11-15(14)9-21)19(26)27-23-17(24)4-5-18(23)25/h2-3,6,14-15H,4-5,7-11H2,1H3. The Labute approximate surface area is 162 Å². The van der Waals surface area contributed by atoms with Crippen LogP contribution in [0.4, 0.5) is 4.79 Å². The molecule has 8 heteroatoms. The summed E-state index contributed by atoms with van der Waals surface area (Å²) in [6.07, 6.45) is -0.388. The second-order valence-electron chi connectivity index (χ2n) is 7.63. The molecule has 0 N–H and O–H groups in total. The van der Waals surface area contributed by atoms with E-state index >= 15 is 0 Å². The van der Waals surface area contributed by atoms with Gasteiger partial charge in [-0.2, -0.15) is 0 Å². The van der Waals surface area contributed by atoms with Crippen LogP contribution in [0.15, 0.2) is 18.2 Å². The minimum atomic E-state index is -0.604. The summed E-state index contributed by atoms with van der Waals surface area (Å²) >= 11 is 6.03. The molecule has 4 rings (SSSR count). The molecule has 0 saturated carbocycles. The second-order valence-corrected chi connectivity index (χ2v) is 8.07. The Morgan fingerprint density at radius 3 is 2.33 bits per heavy atom. The number of nitrogens with zero attached hydrogens (tertiary/aromatic N) is 3. The van der Waals surface area contributed by atoms with E-state index in [4.69, 9.17) is 16.4 Å². The maximum absolute atomic E-state index is 12.3. The summed E-state index contributed by atoms with van der Waals surface area (Å²) < 4.78 is 0. The zero-order valence-corrected chi connectivity index (χ0v) is 15.9. The fourth-order valence-electron chi connectivity index (χ4n) is 4.24. The van der Waals surface area contributed by atoms with Crippen molar-refractivity contribution in [2.45, 2.75) is 26.3 Å². The van der Waals surface area contributed by atoms with E-state index in [1.54, 1.807) is 4.90 Å². The molecule has 3 amide bonds. The molecule has 3 saturated heterocycles. The number of likely N-dealkylation sites (tertiary alicyclic amines) is 2. The van der Waals surface area contributed by atoms with Crippen LogP contribution in [-0.4, -0.2) is 58.9 Å². The van der Waals surface area contributed by atoms with Gasteiger partial charge in [-0.25, -0.2) is 4.79 Å². The SMILES string of the molecule is Cc1cc(Cl)ccc1CN1CC2CN(C(=O)ON3C(=O)CCC3=O)CC2C1. The fraction of sp³-hybridized carbons (Fsp3) is 0.526. The summed E-state index contributed by atoms with van der Waals surface area (Å²) in [4.78, 5) is 44.5. The van der Waals surface area contributed by atoms with Gasteiger partial charge in [-0.15, -0.1) is 5.06 Å². The molecular formula is C19H22ClN3O4. The van der Waals surface area contributed by atoms with Crippen molar-refractivity contribution in [2.75, 3.05) is 26.2 Å². The van der Waals surface area contributed by atoms with Crippen molar-refractivity contribution in [1.29, 1.82) is 0 Å². The van der Waals surface area contributed by atoms with Crippen LogP contribution in [0.1, 0.15) is 24.0 Å². The molecule has 3 heterocycles. The Bertz CT molecular complexity index is 769. The lowest BCUT2D eigenvalue weighted by molar-refractivity contribution is -0.173. The number of halogens is 1. The molecule has 1 aromatic carbocycles. The van der Waals surface area contributed by atoms with Gasteiger partial charge in [0.25, 0.3) is 11.8 Å². The van der Waals surface area contributed by atoms with Crippen molar-refractivity contribution >= 4 is 29.5 Å². The Morgan fingerprint density at radius 1 is 1.11 bits per heavy atom. The van der Waals surface area contributed by atoms with Crippen LogP contribution in [0, 0.1) is 18.8 Å². The number of hydroxylamine groups is 2. The Hall–Kier alpha value is -2.12. The summed E-state index contributed by atoms with van der Waals surface area (Å²) in [5.74, 6) is -0.125. The minimum Gasteiger partial charge on any atom is -0.311 e. The maximum Gasteiger partial charge on any atom is 0.434 e. The number of rotatable bonds is 3. The number of hydrogen-bond donors (Lipinski definition) is 0. The van der Waals surface area contributed by atoms with Gasteiger partial charge in [-0.1, -0.05) is 17.7 Å². The normalized spacial score (nSPS) is 25.4. The van der Waals surface area contributed by atoms with Gasteiger partial charge in [0.05, 0.1) is 0 Å². The molecule has 1 aromatic rings. The quantitative estimate of drug-likeness (QED) is 0.739. The number of carbonyl (C=O) groups is 3. The Kier molecular flexibility index (Phi) is 4.82. The van der Waals surface area contributed by atoms with E-state index < -0.39 is 17.9 Å². The van der Waals surface area contributed by atoms with Gasteiger partial charge >= 0.3 is 6.09 Å². The summed E-state index contributed by atoms with van der Waals surface area (Å²) in [6.45, 7) is 5.95. The Balaban J connectivity index is 1.31. The summed E-state index contributed by atoms with van der Waals surface area (Å²) in [7, 11) is 0. The third kappa shape index (κ3) is 3.66. The van der Waals surface area contributed by atoms with Gasteiger partial charge in [-0.05, 0) is 42.0 Å². The van der Waals surface area contributed by atoms with Crippen molar-refractivity contribution in [1.82, 2.24) is 14.9 Å². The van der Waals surface area contributed by atoms with Gasteiger partial charge in [0.15, 0.2) is 0 Å². The summed E-state index contributed by atoms with van der Waals surface area (Å²) in [5, 5.41) is 1.37. The van der Waals surface area contributed by atoms with Crippen LogP contribution in [0.5, 0.6) is 0 Å². The van der Waals surface area contributed by atoms with Gasteiger partial charge in [0.2, 0.25) is 0 Å². The van der Waals surface area contributed by atoms with Crippen LogP contribution in [0.25, 0.3) is 0 Å². The van der Waals surface area contributed by atoms with E-state index in [2.05, 4.69) is 17.9 Å². The first-order valence-electron chi connectivity index (χ1n) is 9.21. The minimum absolute atomic E-state index is 0.108. The molecule has 7 nitrogen and oxygen atoms in total. The van der Waals surface area contributed by atoms with Gasteiger partial charge in [0.1, 0.15) is 0 Å². The fourth-order valence-corrected chi connectivity index (χ4v) is 4.47. The lowest BCUT2D eigenvalue weighted by atomic mass is 10.0.